The molecular weight excluding hydrogens is 279 g/mol. The average molecular weight is 292 g/mol. The van der Waals surface area contributed by atoms with E-state index < -0.39 is 5.97 Å². The van der Waals surface area contributed by atoms with Crippen LogP contribution in [-0.4, -0.2) is 26.4 Å². The number of aliphatic carboxylic acids is 1. The van der Waals surface area contributed by atoms with E-state index in [1.54, 1.807) is 6.07 Å². The molecular formula is C14H13FN2O2S. The summed E-state index contributed by atoms with van der Waals surface area (Å²) in [5.74, 6) is -1.27. The minimum absolute atomic E-state index is 0.0497. The summed E-state index contributed by atoms with van der Waals surface area (Å²) in [6, 6.07) is 4.75. The van der Waals surface area contributed by atoms with Crippen LogP contribution in [0.2, 0.25) is 0 Å². The molecule has 0 fully saturated rings. The first-order chi connectivity index (χ1) is 9.65. The number of hydrogen-bond donors (Lipinski definition) is 1. The van der Waals surface area contributed by atoms with Gasteiger partial charge in [0.05, 0.1) is 16.8 Å². The SMILES string of the molecule is O=C(O)CSc1nc2cc(F)ccc2n1C1CC=CC1. The smallest absolute Gasteiger partial charge is 0.313 e. The number of carboxylic acid groups (broad SMARTS) is 1. The van der Waals surface area contributed by atoms with E-state index in [2.05, 4.69) is 17.1 Å². The zero-order chi connectivity index (χ0) is 14.1. The summed E-state index contributed by atoms with van der Waals surface area (Å²) in [7, 11) is 0. The molecule has 0 radical (unpaired) electrons. The number of nitrogens with zero attached hydrogens (tertiary/aromatic N) is 2. The fourth-order valence-electron chi connectivity index (χ4n) is 2.44. The van der Waals surface area contributed by atoms with Gasteiger partial charge in [0.25, 0.3) is 0 Å². The molecule has 0 unspecified atom stereocenters. The summed E-state index contributed by atoms with van der Waals surface area (Å²) < 4.78 is 15.3. The van der Waals surface area contributed by atoms with Gasteiger partial charge in [0.2, 0.25) is 0 Å². The van der Waals surface area contributed by atoms with Crippen molar-refractivity contribution in [3.8, 4) is 0 Å². The standard InChI is InChI=1S/C14H13FN2O2S/c15-9-5-6-12-11(7-9)16-14(20-8-13(18)19)17(12)10-3-1-2-4-10/h1-2,5-7,10H,3-4,8H2,(H,18,19). The number of halogens is 1. The number of allylic oxidation sites excluding steroid dienone is 2. The topological polar surface area (TPSA) is 55.1 Å². The van der Waals surface area contributed by atoms with Gasteiger partial charge in [-0.2, -0.15) is 0 Å². The van der Waals surface area contributed by atoms with Gasteiger partial charge < -0.3 is 9.67 Å². The maximum atomic E-state index is 13.3. The molecule has 0 aliphatic heterocycles. The van der Waals surface area contributed by atoms with Crippen molar-refractivity contribution in [2.45, 2.75) is 24.0 Å². The molecule has 0 amide bonds. The lowest BCUT2D eigenvalue weighted by molar-refractivity contribution is -0.133. The number of rotatable bonds is 4. The van der Waals surface area contributed by atoms with Crippen molar-refractivity contribution in [2.24, 2.45) is 0 Å². The van der Waals surface area contributed by atoms with Crippen LogP contribution < -0.4 is 0 Å². The number of imidazole rings is 1. The molecule has 3 rings (SSSR count). The first-order valence-electron chi connectivity index (χ1n) is 6.32. The van der Waals surface area contributed by atoms with Gasteiger partial charge in [0, 0.05) is 12.1 Å². The molecule has 2 aromatic rings. The molecule has 1 N–H and O–H groups in total. The van der Waals surface area contributed by atoms with E-state index in [1.807, 2.05) is 4.57 Å². The van der Waals surface area contributed by atoms with Crippen molar-refractivity contribution in [3.63, 3.8) is 0 Å². The quantitative estimate of drug-likeness (QED) is 0.694. The van der Waals surface area contributed by atoms with Crippen LogP contribution in [-0.2, 0) is 4.79 Å². The molecule has 104 valence electrons. The van der Waals surface area contributed by atoms with Gasteiger partial charge in [-0.25, -0.2) is 9.37 Å². The van der Waals surface area contributed by atoms with Gasteiger partial charge in [-0.05, 0) is 25.0 Å². The Bertz CT molecular complexity index is 688. The maximum absolute atomic E-state index is 13.3. The first kappa shape index (κ1) is 13.2. The third-order valence-corrected chi connectivity index (χ3v) is 4.23. The highest BCUT2D eigenvalue weighted by Gasteiger charge is 2.21. The molecule has 0 saturated heterocycles. The van der Waals surface area contributed by atoms with Gasteiger partial charge in [-0.15, -0.1) is 0 Å². The van der Waals surface area contributed by atoms with Crippen molar-refractivity contribution in [1.29, 1.82) is 0 Å². The summed E-state index contributed by atoms with van der Waals surface area (Å²) in [5.41, 5.74) is 1.43. The molecule has 0 spiro atoms. The number of aromatic nitrogens is 2. The van der Waals surface area contributed by atoms with Crippen molar-refractivity contribution in [1.82, 2.24) is 9.55 Å². The van der Waals surface area contributed by atoms with E-state index >= 15 is 0 Å². The third-order valence-electron chi connectivity index (χ3n) is 3.29. The minimum Gasteiger partial charge on any atom is -0.481 e. The van der Waals surface area contributed by atoms with Crippen molar-refractivity contribution >= 4 is 28.8 Å². The fraction of sp³-hybridized carbons (Fsp3) is 0.286. The number of thioether (sulfide) groups is 1. The van der Waals surface area contributed by atoms with Crippen LogP contribution in [0.5, 0.6) is 0 Å². The Kier molecular flexibility index (Phi) is 3.48. The van der Waals surface area contributed by atoms with E-state index in [0.29, 0.717) is 10.7 Å². The lowest BCUT2D eigenvalue weighted by atomic mass is 10.2. The van der Waals surface area contributed by atoms with Crippen LogP contribution in [0.25, 0.3) is 11.0 Å². The van der Waals surface area contributed by atoms with Gasteiger partial charge >= 0.3 is 5.97 Å². The average Bonchev–Trinajstić information content (AvgIpc) is 3.01. The van der Waals surface area contributed by atoms with Gasteiger partial charge in [-0.1, -0.05) is 23.9 Å². The monoisotopic (exact) mass is 292 g/mol. The Morgan fingerprint density at radius 3 is 2.90 bits per heavy atom. The van der Waals surface area contributed by atoms with Crippen LogP contribution in [0.4, 0.5) is 4.39 Å². The molecule has 4 nitrogen and oxygen atoms in total. The zero-order valence-corrected chi connectivity index (χ0v) is 11.4. The Balaban J connectivity index is 2.06. The highest BCUT2D eigenvalue weighted by Crippen LogP contribution is 2.33. The molecule has 1 aromatic carbocycles. The number of hydrogen-bond acceptors (Lipinski definition) is 3. The first-order valence-corrected chi connectivity index (χ1v) is 7.31. The third kappa shape index (κ3) is 2.43. The number of carbonyl (C=O) groups is 1. The van der Waals surface area contributed by atoms with Crippen LogP contribution in [0.15, 0.2) is 35.5 Å². The molecule has 6 heteroatoms. The van der Waals surface area contributed by atoms with Crippen molar-refractivity contribution in [2.75, 3.05) is 5.75 Å². The van der Waals surface area contributed by atoms with Gasteiger partial charge in [0.15, 0.2) is 5.16 Å². The van der Waals surface area contributed by atoms with Crippen LogP contribution in [0, 0.1) is 5.82 Å². The highest BCUT2D eigenvalue weighted by molar-refractivity contribution is 7.99. The summed E-state index contributed by atoms with van der Waals surface area (Å²) >= 11 is 1.18. The summed E-state index contributed by atoms with van der Waals surface area (Å²) in [4.78, 5) is 15.1. The molecule has 0 bridgehead atoms. The summed E-state index contributed by atoms with van der Waals surface area (Å²) in [6.45, 7) is 0. The molecule has 1 heterocycles. The van der Waals surface area contributed by atoms with Gasteiger partial charge in [0.1, 0.15) is 5.82 Å². The molecule has 20 heavy (non-hydrogen) atoms. The maximum Gasteiger partial charge on any atom is 0.313 e. The van der Waals surface area contributed by atoms with E-state index in [1.165, 1.54) is 23.9 Å². The Hall–Kier alpha value is -1.82. The predicted molar refractivity (Wildman–Crippen MR) is 75.5 cm³/mol. The molecule has 0 saturated carbocycles. The van der Waals surface area contributed by atoms with E-state index in [0.717, 1.165) is 18.4 Å². The summed E-state index contributed by atoms with van der Waals surface area (Å²) in [5, 5.41) is 9.46. The minimum atomic E-state index is -0.885. The summed E-state index contributed by atoms with van der Waals surface area (Å²) in [6.07, 6.45) is 5.99. The molecule has 1 aromatic heterocycles. The lowest BCUT2D eigenvalue weighted by Gasteiger charge is -2.15. The normalized spacial score (nSPS) is 15.2. The van der Waals surface area contributed by atoms with Crippen molar-refractivity contribution in [3.05, 3.63) is 36.2 Å². The molecule has 1 aliphatic rings. The second-order valence-electron chi connectivity index (χ2n) is 4.68. The van der Waals surface area contributed by atoms with E-state index in [9.17, 15) is 9.18 Å². The van der Waals surface area contributed by atoms with E-state index in [-0.39, 0.29) is 17.6 Å². The number of carboxylic acids is 1. The highest BCUT2D eigenvalue weighted by atomic mass is 32.2. The Morgan fingerprint density at radius 2 is 2.20 bits per heavy atom. The van der Waals surface area contributed by atoms with Crippen LogP contribution >= 0.6 is 11.8 Å². The molecule has 0 atom stereocenters. The lowest BCUT2D eigenvalue weighted by Crippen LogP contribution is -2.08. The van der Waals surface area contributed by atoms with Crippen molar-refractivity contribution < 1.29 is 14.3 Å². The fourth-order valence-corrected chi connectivity index (χ4v) is 3.25. The van der Waals surface area contributed by atoms with Crippen LogP contribution in [0.1, 0.15) is 18.9 Å². The van der Waals surface area contributed by atoms with Gasteiger partial charge in [-0.3, -0.25) is 4.79 Å². The number of fused-ring (bicyclic) bond motifs is 1. The second kappa shape index (κ2) is 5.28. The Labute approximate surface area is 119 Å². The van der Waals surface area contributed by atoms with Crippen LogP contribution in [0.3, 0.4) is 0 Å². The molecule has 1 aliphatic carbocycles. The largest absolute Gasteiger partial charge is 0.481 e. The number of benzene rings is 1. The van der Waals surface area contributed by atoms with E-state index in [4.69, 9.17) is 5.11 Å². The second-order valence-corrected chi connectivity index (χ2v) is 5.62. The predicted octanol–water partition coefficient (Wildman–Crippen LogP) is 3.24. The Morgan fingerprint density at radius 1 is 1.45 bits per heavy atom. The zero-order valence-electron chi connectivity index (χ0n) is 10.6.